The second-order valence-corrected chi connectivity index (χ2v) is 8.03. The third kappa shape index (κ3) is 4.81. The first kappa shape index (κ1) is 21.1. The lowest BCUT2D eigenvalue weighted by Crippen LogP contribution is -2.15. The maximum absolute atomic E-state index is 12.4. The first-order valence-corrected chi connectivity index (χ1v) is 11.0. The molecule has 0 aliphatic rings. The molecule has 31 heavy (non-hydrogen) atoms. The summed E-state index contributed by atoms with van der Waals surface area (Å²) < 4.78 is 7.14. The number of nitrogens with one attached hydrogen (secondary N) is 1. The van der Waals surface area contributed by atoms with Crippen LogP contribution in [0.5, 0.6) is 5.75 Å². The summed E-state index contributed by atoms with van der Waals surface area (Å²) >= 11 is 7.39. The van der Waals surface area contributed by atoms with E-state index in [1.54, 1.807) is 16.6 Å². The van der Waals surface area contributed by atoms with E-state index in [2.05, 4.69) is 20.6 Å². The van der Waals surface area contributed by atoms with E-state index in [1.807, 2.05) is 56.3 Å². The molecule has 2 heterocycles. The molecule has 0 saturated heterocycles. The van der Waals surface area contributed by atoms with Crippen LogP contribution in [0.15, 0.2) is 59.8 Å². The summed E-state index contributed by atoms with van der Waals surface area (Å²) in [6, 6.07) is 16.9. The third-order valence-electron chi connectivity index (χ3n) is 4.57. The van der Waals surface area contributed by atoms with Crippen molar-refractivity contribution < 1.29 is 9.53 Å². The maximum Gasteiger partial charge on any atom is 0.234 e. The van der Waals surface area contributed by atoms with E-state index in [4.69, 9.17) is 16.3 Å². The van der Waals surface area contributed by atoms with Crippen LogP contribution in [0.4, 0.5) is 5.69 Å². The van der Waals surface area contributed by atoms with Gasteiger partial charge in [0.15, 0.2) is 5.65 Å². The Morgan fingerprint density at radius 1 is 1.13 bits per heavy atom. The zero-order chi connectivity index (χ0) is 21.8. The van der Waals surface area contributed by atoms with Crippen molar-refractivity contribution in [2.24, 2.45) is 0 Å². The summed E-state index contributed by atoms with van der Waals surface area (Å²) in [6.07, 6.45) is 0. The molecule has 0 spiro atoms. The number of hydrogen-bond donors (Lipinski definition) is 1. The van der Waals surface area contributed by atoms with E-state index < -0.39 is 0 Å². The Morgan fingerprint density at radius 2 is 1.94 bits per heavy atom. The summed E-state index contributed by atoms with van der Waals surface area (Å²) in [5.74, 6) is 0.824. The SMILES string of the molecule is CCOc1ccc(-c2ccc3nnc(SCC(=O)Nc4cccc(Cl)c4C)n3n2)cc1. The summed E-state index contributed by atoms with van der Waals surface area (Å²) in [7, 11) is 0. The summed E-state index contributed by atoms with van der Waals surface area (Å²) in [6.45, 7) is 4.43. The maximum atomic E-state index is 12.4. The van der Waals surface area contributed by atoms with Crippen LogP contribution in [0.2, 0.25) is 5.02 Å². The van der Waals surface area contributed by atoms with E-state index in [9.17, 15) is 4.79 Å². The van der Waals surface area contributed by atoms with Crippen LogP contribution in [0.3, 0.4) is 0 Å². The number of aromatic nitrogens is 4. The first-order valence-electron chi connectivity index (χ1n) is 9.68. The highest BCUT2D eigenvalue weighted by molar-refractivity contribution is 7.99. The Bertz CT molecular complexity index is 1230. The highest BCUT2D eigenvalue weighted by Crippen LogP contribution is 2.25. The van der Waals surface area contributed by atoms with Crippen LogP contribution < -0.4 is 10.1 Å². The van der Waals surface area contributed by atoms with Crippen molar-refractivity contribution in [2.75, 3.05) is 17.7 Å². The molecule has 2 aromatic carbocycles. The van der Waals surface area contributed by atoms with Crippen LogP contribution in [-0.4, -0.2) is 38.1 Å². The van der Waals surface area contributed by atoms with Gasteiger partial charge in [-0.25, -0.2) is 0 Å². The molecule has 0 bridgehead atoms. The number of nitrogens with zero attached hydrogens (tertiary/aromatic N) is 4. The number of benzene rings is 2. The van der Waals surface area contributed by atoms with Gasteiger partial charge in [-0.2, -0.15) is 9.61 Å². The molecule has 0 unspecified atom stereocenters. The molecule has 0 atom stereocenters. The second-order valence-electron chi connectivity index (χ2n) is 6.68. The number of ether oxygens (including phenoxy) is 1. The van der Waals surface area contributed by atoms with Crippen LogP contribution >= 0.6 is 23.4 Å². The normalized spacial score (nSPS) is 10.9. The van der Waals surface area contributed by atoms with Gasteiger partial charge in [-0.1, -0.05) is 29.4 Å². The zero-order valence-electron chi connectivity index (χ0n) is 17.0. The van der Waals surface area contributed by atoms with Crippen molar-refractivity contribution in [3.05, 3.63) is 65.2 Å². The van der Waals surface area contributed by atoms with Gasteiger partial charge in [-0.3, -0.25) is 4.79 Å². The fourth-order valence-electron chi connectivity index (χ4n) is 2.96. The van der Waals surface area contributed by atoms with Crippen molar-refractivity contribution in [2.45, 2.75) is 19.0 Å². The van der Waals surface area contributed by atoms with Crippen LogP contribution in [0, 0.1) is 6.92 Å². The van der Waals surface area contributed by atoms with E-state index >= 15 is 0 Å². The second kappa shape index (κ2) is 9.36. The molecule has 0 radical (unpaired) electrons. The minimum atomic E-state index is -0.158. The first-order chi connectivity index (χ1) is 15.0. The van der Waals surface area contributed by atoms with Gasteiger partial charge in [0.05, 0.1) is 18.1 Å². The predicted octanol–water partition coefficient (Wildman–Crippen LogP) is 4.88. The number of thioether (sulfide) groups is 1. The van der Waals surface area contributed by atoms with Crippen LogP contribution in [-0.2, 0) is 4.79 Å². The lowest BCUT2D eigenvalue weighted by molar-refractivity contribution is -0.113. The smallest absolute Gasteiger partial charge is 0.234 e. The van der Waals surface area contributed by atoms with Gasteiger partial charge in [0.2, 0.25) is 11.1 Å². The van der Waals surface area contributed by atoms with Crippen molar-refractivity contribution in [3.63, 3.8) is 0 Å². The average molecular weight is 454 g/mol. The number of hydrogen-bond acceptors (Lipinski definition) is 6. The van der Waals surface area contributed by atoms with Gasteiger partial charge in [-0.15, -0.1) is 10.2 Å². The van der Waals surface area contributed by atoms with Crippen LogP contribution in [0.1, 0.15) is 12.5 Å². The van der Waals surface area contributed by atoms with Crippen molar-refractivity contribution in [3.8, 4) is 17.0 Å². The van der Waals surface area contributed by atoms with E-state index in [0.29, 0.717) is 28.1 Å². The van der Waals surface area contributed by atoms with Crippen molar-refractivity contribution >= 4 is 40.6 Å². The summed E-state index contributed by atoms with van der Waals surface area (Å²) in [5, 5.41) is 17.0. The fraction of sp³-hybridized carbons (Fsp3) is 0.182. The lowest BCUT2D eigenvalue weighted by Gasteiger charge is -2.09. The van der Waals surface area contributed by atoms with Gasteiger partial charge in [0, 0.05) is 16.3 Å². The summed E-state index contributed by atoms with van der Waals surface area (Å²) in [4.78, 5) is 12.4. The number of halogens is 1. The Hall–Kier alpha value is -3.10. The van der Waals surface area contributed by atoms with Gasteiger partial charge < -0.3 is 10.1 Å². The molecule has 4 aromatic rings. The number of rotatable bonds is 7. The molecular formula is C22H20ClN5O2S. The lowest BCUT2D eigenvalue weighted by atomic mass is 10.1. The number of carbonyl (C=O) groups excluding carboxylic acids is 1. The Morgan fingerprint density at radius 3 is 2.71 bits per heavy atom. The van der Waals surface area contributed by atoms with Gasteiger partial charge in [0.1, 0.15) is 5.75 Å². The number of anilines is 1. The number of amides is 1. The average Bonchev–Trinajstić information content (AvgIpc) is 3.18. The highest BCUT2D eigenvalue weighted by atomic mass is 35.5. The molecule has 0 saturated carbocycles. The molecule has 4 rings (SSSR count). The standard InChI is InChI=1S/C22H20ClN5O2S/c1-3-30-16-9-7-15(8-10-16)19-11-12-20-25-26-22(28(20)27-19)31-13-21(29)24-18-6-4-5-17(23)14(18)2/h4-12H,3,13H2,1-2H3,(H,24,29). The summed E-state index contributed by atoms with van der Waals surface area (Å²) in [5.41, 5.74) is 3.86. The molecular weight excluding hydrogens is 434 g/mol. The predicted molar refractivity (Wildman–Crippen MR) is 123 cm³/mol. The van der Waals surface area contributed by atoms with Crippen LogP contribution in [0.25, 0.3) is 16.9 Å². The Balaban J connectivity index is 1.48. The van der Waals surface area contributed by atoms with E-state index in [0.717, 1.165) is 22.6 Å². The minimum Gasteiger partial charge on any atom is -0.494 e. The molecule has 1 N–H and O–H groups in total. The van der Waals surface area contributed by atoms with E-state index in [-0.39, 0.29) is 11.7 Å². The highest BCUT2D eigenvalue weighted by Gasteiger charge is 2.13. The van der Waals surface area contributed by atoms with Crippen molar-refractivity contribution in [1.29, 1.82) is 0 Å². The monoisotopic (exact) mass is 453 g/mol. The fourth-order valence-corrected chi connectivity index (χ4v) is 3.82. The van der Waals surface area contributed by atoms with Crippen molar-refractivity contribution in [1.82, 2.24) is 19.8 Å². The number of carbonyl (C=O) groups is 1. The number of fused-ring (bicyclic) bond motifs is 1. The van der Waals surface area contributed by atoms with Gasteiger partial charge in [-0.05, 0) is 67.9 Å². The van der Waals surface area contributed by atoms with Gasteiger partial charge >= 0.3 is 0 Å². The molecule has 9 heteroatoms. The zero-order valence-corrected chi connectivity index (χ0v) is 18.6. The van der Waals surface area contributed by atoms with E-state index in [1.165, 1.54) is 11.8 Å². The molecule has 7 nitrogen and oxygen atoms in total. The molecule has 0 aliphatic heterocycles. The third-order valence-corrected chi connectivity index (χ3v) is 5.90. The minimum absolute atomic E-state index is 0.158. The molecule has 2 aromatic heterocycles. The Labute approximate surface area is 188 Å². The molecule has 1 amide bonds. The molecule has 0 aliphatic carbocycles. The quantitative estimate of drug-likeness (QED) is 0.401. The topological polar surface area (TPSA) is 81.4 Å². The molecule has 0 fully saturated rings. The van der Waals surface area contributed by atoms with Gasteiger partial charge in [0.25, 0.3) is 0 Å². The molecule has 158 valence electrons. The Kier molecular flexibility index (Phi) is 6.39. The largest absolute Gasteiger partial charge is 0.494 e.